The van der Waals surface area contributed by atoms with Crippen LogP contribution in [-0.2, 0) is 30.2 Å². The number of nitrogens with zero attached hydrogens (tertiary/aromatic N) is 7. The quantitative estimate of drug-likeness (QED) is 0.0569. The maximum atomic E-state index is 13.6. The van der Waals surface area contributed by atoms with E-state index in [1.807, 2.05) is 98.8 Å². The summed E-state index contributed by atoms with van der Waals surface area (Å²) in [6.07, 6.45) is 17.6. The Morgan fingerprint density at radius 1 is 0.674 bits per heavy atom. The zero-order chi connectivity index (χ0) is 63.0. The van der Waals surface area contributed by atoms with Crippen LogP contribution >= 0.6 is 11.6 Å². The summed E-state index contributed by atoms with van der Waals surface area (Å²) in [7, 11) is 5.07. The van der Waals surface area contributed by atoms with E-state index in [1.165, 1.54) is 41.9 Å². The number of nitriles is 1. The number of carbonyl (C=O) groups is 4. The molecule has 4 aliphatic carbocycles. The molecule has 12 rings (SSSR count). The van der Waals surface area contributed by atoms with Crippen LogP contribution in [0.1, 0.15) is 150 Å². The molecule has 5 aromatic rings. The van der Waals surface area contributed by atoms with E-state index in [0.717, 1.165) is 110 Å². The van der Waals surface area contributed by atoms with E-state index >= 15 is 0 Å². The third kappa shape index (κ3) is 14.2. The molecule has 3 aliphatic heterocycles. The van der Waals surface area contributed by atoms with Crippen molar-refractivity contribution in [3.05, 3.63) is 149 Å². The van der Waals surface area contributed by atoms with E-state index < -0.39 is 16.6 Å². The summed E-state index contributed by atoms with van der Waals surface area (Å²) < 4.78 is 10.9. The monoisotopic (exact) mass is 1220 g/mol. The number of nitrogens with two attached hydrogens (primary N) is 3. The molecule has 468 valence electrons. The van der Waals surface area contributed by atoms with Crippen molar-refractivity contribution in [2.75, 3.05) is 34.4 Å². The maximum Gasteiger partial charge on any atom is 0.262 e. The number of carbonyl (C=O) groups excluding carboxylic acids is 4. The van der Waals surface area contributed by atoms with Crippen LogP contribution in [0.4, 0.5) is 0 Å². The van der Waals surface area contributed by atoms with Crippen LogP contribution in [-0.4, -0.2) is 108 Å². The van der Waals surface area contributed by atoms with Crippen molar-refractivity contribution in [3.63, 3.8) is 0 Å². The molecule has 0 radical (unpaired) electrons. The van der Waals surface area contributed by atoms with Crippen molar-refractivity contribution in [2.45, 2.75) is 152 Å². The molecule has 0 saturated heterocycles. The second kappa shape index (κ2) is 27.8. The summed E-state index contributed by atoms with van der Waals surface area (Å²) in [5, 5.41) is 13.0. The van der Waals surface area contributed by atoms with E-state index in [-0.39, 0.29) is 47.6 Å². The zero-order valence-electron chi connectivity index (χ0n) is 52.1. The van der Waals surface area contributed by atoms with Crippen molar-refractivity contribution in [1.29, 1.82) is 5.26 Å². The number of halogens is 1. The first kappa shape index (κ1) is 63.9. The van der Waals surface area contributed by atoms with Gasteiger partial charge in [-0.25, -0.2) is 15.0 Å². The van der Waals surface area contributed by atoms with Crippen LogP contribution in [0.3, 0.4) is 0 Å². The van der Waals surface area contributed by atoms with Crippen LogP contribution < -0.4 is 27.3 Å². The highest BCUT2D eigenvalue weighted by Crippen LogP contribution is 2.53. The minimum atomic E-state index is -0.919. The van der Waals surface area contributed by atoms with Crippen LogP contribution in [0.2, 0.25) is 5.02 Å². The fourth-order valence-electron chi connectivity index (χ4n) is 13.9. The summed E-state index contributed by atoms with van der Waals surface area (Å²) in [4.78, 5) is 71.5. The van der Waals surface area contributed by atoms with Gasteiger partial charge in [-0.1, -0.05) is 123 Å². The highest BCUT2D eigenvalue weighted by molar-refractivity contribution is 6.30. The van der Waals surface area contributed by atoms with Gasteiger partial charge in [0.25, 0.3) is 23.6 Å². The van der Waals surface area contributed by atoms with Gasteiger partial charge in [-0.3, -0.25) is 33.9 Å². The largest absolute Gasteiger partial charge is 0.497 e. The third-order valence-corrected chi connectivity index (χ3v) is 19.2. The van der Waals surface area contributed by atoms with Crippen molar-refractivity contribution >= 4 is 53.1 Å². The van der Waals surface area contributed by atoms with Gasteiger partial charge in [-0.05, 0) is 190 Å². The number of guanidine groups is 3. The second-order valence-electron chi connectivity index (χ2n) is 25.5. The van der Waals surface area contributed by atoms with E-state index in [0.29, 0.717) is 65.4 Å². The SMILES string of the molecule is CC(C)OCCCN1C(=O)C(c2cccc(-c3cccc(Cl)c3)c2)(C2CC2)N=C1N.CN1C(=O)[C@@](CCC2CCCCC2)(C[C@H]2CCC[C@@H](NC(=O)c3cccc(C#N)c3)C2)N=C1N.COc1cccc(-c2cccc(C3(C4CC4)N=C(N)N(C)C3=O)c2)c1. The molecule has 4 amide bonds. The van der Waals surface area contributed by atoms with Gasteiger partial charge in [0.2, 0.25) is 0 Å². The Hall–Kier alpha value is -8.07. The van der Waals surface area contributed by atoms with Gasteiger partial charge in [-0.2, -0.15) is 5.26 Å². The Morgan fingerprint density at radius 3 is 1.83 bits per heavy atom. The van der Waals surface area contributed by atoms with E-state index in [1.54, 1.807) is 50.4 Å². The number of likely N-dealkylation sites (N-methyl/N-ethyl adjacent to an activating group) is 2. The molecule has 4 saturated carbocycles. The van der Waals surface area contributed by atoms with Gasteiger partial charge in [0.05, 0.1) is 24.8 Å². The Balaban J connectivity index is 0.000000149. The van der Waals surface area contributed by atoms with Crippen LogP contribution in [0.25, 0.3) is 22.3 Å². The lowest BCUT2D eigenvalue weighted by molar-refractivity contribution is -0.133. The molecule has 89 heavy (non-hydrogen) atoms. The number of benzene rings is 5. The molecule has 7 aliphatic rings. The summed E-state index contributed by atoms with van der Waals surface area (Å²) in [6.45, 7) is 5.11. The number of ether oxygens (including phenoxy) is 2. The van der Waals surface area contributed by atoms with Gasteiger partial charge >= 0.3 is 0 Å². The smallest absolute Gasteiger partial charge is 0.262 e. The molecular formula is C71H86ClN11O6. The van der Waals surface area contributed by atoms with Crippen LogP contribution in [0.15, 0.2) is 136 Å². The Kier molecular flexibility index (Phi) is 19.9. The van der Waals surface area contributed by atoms with Crippen molar-refractivity contribution in [3.8, 4) is 34.1 Å². The lowest BCUT2D eigenvalue weighted by Gasteiger charge is -2.35. The molecule has 0 bridgehead atoms. The molecule has 17 nitrogen and oxygen atoms in total. The van der Waals surface area contributed by atoms with Crippen molar-refractivity contribution in [2.24, 2.45) is 55.8 Å². The average molecular weight is 1220 g/mol. The Labute approximate surface area is 529 Å². The van der Waals surface area contributed by atoms with E-state index in [2.05, 4.69) is 28.5 Å². The number of hydrogen-bond donors (Lipinski definition) is 4. The van der Waals surface area contributed by atoms with Gasteiger partial charge in [0.1, 0.15) is 11.3 Å². The summed E-state index contributed by atoms with van der Waals surface area (Å²) in [5.41, 5.74) is 22.7. The first-order chi connectivity index (χ1) is 42.9. The van der Waals surface area contributed by atoms with Crippen LogP contribution in [0, 0.1) is 35.0 Å². The first-order valence-electron chi connectivity index (χ1n) is 31.9. The molecule has 4 fully saturated rings. The molecule has 2 unspecified atom stereocenters. The fourth-order valence-corrected chi connectivity index (χ4v) is 14.1. The molecule has 0 spiro atoms. The van der Waals surface area contributed by atoms with Gasteiger partial charge in [0.15, 0.2) is 29.0 Å². The molecule has 18 heteroatoms. The minimum Gasteiger partial charge on any atom is -0.497 e. The minimum absolute atomic E-state index is 0.0182. The molecule has 0 aromatic heterocycles. The molecular weight excluding hydrogens is 1140 g/mol. The number of hydrogen-bond acceptors (Lipinski definition) is 13. The second-order valence-corrected chi connectivity index (χ2v) is 26.0. The lowest BCUT2D eigenvalue weighted by atomic mass is 9.74. The number of rotatable bonds is 19. The number of amides is 4. The predicted molar refractivity (Wildman–Crippen MR) is 349 cm³/mol. The Bertz CT molecular complexity index is 3550. The highest BCUT2D eigenvalue weighted by atomic mass is 35.5. The summed E-state index contributed by atoms with van der Waals surface area (Å²) >= 11 is 6.18. The number of nitrogens with one attached hydrogen (secondary N) is 1. The topological polar surface area (TPSA) is 247 Å². The van der Waals surface area contributed by atoms with E-state index in [9.17, 15) is 19.2 Å². The molecule has 5 atom stereocenters. The maximum absolute atomic E-state index is 13.6. The van der Waals surface area contributed by atoms with E-state index in [4.69, 9.17) is 53.5 Å². The van der Waals surface area contributed by atoms with Crippen molar-refractivity contribution in [1.82, 2.24) is 20.0 Å². The highest BCUT2D eigenvalue weighted by Gasteiger charge is 2.59. The summed E-state index contributed by atoms with van der Waals surface area (Å²) in [6, 6.07) is 40.7. The lowest BCUT2D eigenvalue weighted by Crippen LogP contribution is -2.45. The number of methoxy groups -OCH3 is 1. The van der Waals surface area contributed by atoms with Gasteiger partial charge < -0.3 is 32.0 Å². The zero-order valence-corrected chi connectivity index (χ0v) is 52.9. The summed E-state index contributed by atoms with van der Waals surface area (Å²) in [5.74, 6) is 2.98. The van der Waals surface area contributed by atoms with Crippen molar-refractivity contribution < 1.29 is 28.7 Å². The predicted octanol–water partition coefficient (Wildman–Crippen LogP) is 11.5. The third-order valence-electron chi connectivity index (χ3n) is 18.9. The molecule has 3 heterocycles. The average Bonchev–Trinajstić information content (AvgIpc) is 1.69. The number of aliphatic imine (C=N–C) groups is 3. The molecule has 5 aromatic carbocycles. The first-order valence-corrected chi connectivity index (χ1v) is 32.2. The Morgan fingerprint density at radius 2 is 1.25 bits per heavy atom. The van der Waals surface area contributed by atoms with Gasteiger partial charge in [-0.15, -0.1) is 0 Å². The molecule has 7 N–H and O–H groups in total. The van der Waals surface area contributed by atoms with Gasteiger partial charge in [0, 0.05) is 43.9 Å². The normalized spacial score (nSPS) is 24.3. The fraction of sp³-hybridized carbons (Fsp3) is 0.465. The standard InChI is InChI=1S/C27H37N5O2.C24H28ClN3O2.C20H21N3O2/c1-32-25(34)27(31-26(32)29,14-13-19-7-3-2-4-8-19)17-20-9-6-12-23(16-20)30-24(33)22-11-5-10-21(15-22)18-28;1-16(2)30-13-5-12-28-22(29)24(19-10-11-19,27-23(28)26)20-8-3-6-17(14-20)18-7-4-9-21(25)15-18;1-23-18(24)20(15-9-10-15,22-19(23)21)16-7-3-5-13(11-16)14-6-4-8-17(12-14)25-2/h5,10-11,15,19-20,23H,2-4,6-9,12-14,16-17H2,1H3,(H2,29,31)(H,30,33);3-4,6-9,14-16,19H,5,10-13H2,1-2H3,(H2,26,27);3-8,11-12,15H,9-10H2,1-2H3,(H2,21,22)/t20-,23+,27+;;/m0../s1. The van der Waals surface area contributed by atoms with Crippen LogP contribution in [0.5, 0.6) is 5.75 Å².